The lowest BCUT2D eigenvalue weighted by Crippen LogP contribution is -2.53. The zero-order chi connectivity index (χ0) is 15.1. The second-order valence-electron chi connectivity index (χ2n) is 6.14. The van der Waals surface area contributed by atoms with Gasteiger partial charge in [-0.2, -0.15) is 0 Å². The minimum absolute atomic E-state index is 0.00866. The number of nitrogens with one attached hydrogen (secondary N) is 1. The Labute approximate surface area is 128 Å². The zero-order valence-electron chi connectivity index (χ0n) is 13.1. The van der Waals surface area contributed by atoms with E-state index in [1.807, 2.05) is 36.4 Å². The van der Waals surface area contributed by atoms with E-state index >= 15 is 0 Å². The molecule has 0 aliphatic heterocycles. The van der Waals surface area contributed by atoms with Crippen LogP contribution in [0.1, 0.15) is 37.7 Å². The summed E-state index contributed by atoms with van der Waals surface area (Å²) in [7, 11) is 4.24. The number of hydrogen-bond donors (Lipinski definition) is 1. The first-order chi connectivity index (χ1) is 10.1. The van der Waals surface area contributed by atoms with Crippen LogP contribution in [0.2, 0.25) is 0 Å². The van der Waals surface area contributed by atoms with E-state index in [0.717, 1.165) is 12.1 Å². The van der Waals surface area contributed by atoms with Gasteiger partial charge in [0.25, 0.3) is 0 Å². The number of amides is 1. The number of nitrogens with zero attached hydrogens (tertiary/aromatic N) is 1. The van der Waals surface area contributed by atoms with Gasteiger partial charge >= 0.3 is 0 Å². The Morgan fingerprint density at radius 2 is 1.86 bits per heavy atom. The van der Waals surface area contributed by atoms with Crippen LogP contribution in [0.3, 0.4) is 0 Å². The summed E-state index contributed by atoms with van der Waals surface area (Å²) in [5.74, 6) is -0.00866. The lowest BCUT2D eigenvalue weighted by molar-refractivity contribution is -0.117. The molecule has 0 radical (unpaired) electrons. The van der Waals surface area contributed by atoms with Gasteiger partial charge in [-0.25, -0.2) is 0 Å². The maximum Gasteiger partial charge on any atom is 0.244 e. The maximum absolute atomic E-state index is 12.0. The molecule has 2 rings (SSSR count). The summed E-state index contributed by atoms with van der Waals surface area (Å²) in [6, 6.07) is 9.90. The Morgan fingerprint density at radius 1 is 1.19 bits per heavy atom. The smallest absolute Gasteiger partial charge is 0.244 e. The molecular formula is C18H26N2O. The third-order valence-corrected chi connectivity index (χ3v) is 4.55. The average Bonchev–Trinajstić information content (AvgIpc) is 2.52. The zero-order valence-corrected chi connectivity index (χ0v) is 13.1. The van der Waals surface area contributed by atoms with Gasteiger partial charge in [0.15, 0.2) is 0 Å². The lowest BCUT2D eigenvalue weighted by atomic mass is 9.80. The van der Waals surface area contributed by atoms with E-state index in [1.165, 1.54) is 32.1 Å². The predicted octanol–water partition coefficient (Wildman–Crippen LogP) is 3.08. The first-order valence-electron chi connectivity index (χ1n) is 7.81. The average molecular weight is 286 g/mol. The number of likely N-dealkylation sites (N-methyl/N-ethyl adjacent to an activating group) is 1. The van der Waals surface area contributed by atoms with Crippen molar-refractivity contribution in [3.8, 4) is 0 Å². The summed E-state index contributed by atoms with van der Waals surface area (Å²) in [6.07, 6.45) is 9.66. The van der Waals surface area contributed by atoms with Gasteiger partial charge in [0.05, 0.1) is 0 Å². The quantitative estimate of drug-likeness (QED) is 0.844. The molecule has 1 aliphatic carbocycles. The minimum Gasteiger partial charge on any atom is -0.351 e. The molecule has 1 saturated carbocycles. The molecule has 1 aromatic carbocycles. The molecule has 0 atom stereocenters. The van der Waals surface area contributed by atoms with Gasteiger partial charge in [-0.1, -0.05) is 49.6 Å². The van der Waals surface area contributed by atoms with Crippen molar-refractivity contribution in [1.82, 2.24) is 10.2 Å². The first-order valence-corrected chi connectivity index (χ1v) is 7.81. The number of rotatable bonds is 5. The number of benzene rings is 1. The molecular weight excluding hydrogens is 260 g/mol. The molecule has 3 heteroatoms. The van der Waals surface area contributed by atoms with Crippen LogP contribution in [0.4, 0.5) is 0 Å². The van der Waals surface area contributed by atoms with Gasteiger partial charge in [0, 0.05) is 18.2 Å². The third-order valence-electron chi connectivity index (χ3n) is 4.55. The first kappa shape index (κ1) is 15.8. The highest BCUT2D eigenvalue weighted by atomic mass is 16.1. The van der Waals surface area contributed by atoms with E-state index in [9.17, 15) is 4.79 Å². The molecule has 0 heterocycles. The van der Waals surface area contributed by atoms with E-state index in [-0.39, 0.29) is 11.4 Å². The predicted molar refractivity (Wildman–Crippen MR) is 88.0 cm³/mol. The number of carbonyl (C=O) groups excluding carboxylic acids is 1. The van der Waals surface area contributed by atoms with Gasteiger partial charge < -0.3 is 10.2 Å². The lowest BCUT2D eigenvalue weighted by Gasteiger charge is -2.43. The summed E-state index contributed by atoms with van der Waals surface area (Å²) in [5.41, 5.74) is 1.18. The van der Waals surface area contributed by atoms with Crippen molar-refractivity contribution < 1.29 is 4.79 Å². The van der Waals surface area contributed by atoms with Gasteiger partial charge in [-0.05, 0) is 38.6 Å². The Kier molecular flexibility index (Phi) is 5.57. The standard InChI is InChI=1S/C18H26N2O/c1-20(2)18(13-7-4-8-14-18)15-19-17(21)12-11-16-9-5-3-6-10-16/h3,5-6,9-12H,4,7-8,13-15H2,1-2H3,(H,19,21)/b12-11+. The van der Waals surface area contributed by atoms with Gasteiger partial charge in [-0.15, -0.1) is 0 Å². The van der Waals surface area contributed by atoms with Crippen LogP contribution in [0.5, 0.6) is 0 Å². The van der Waals surface area contributed by atoms with Crippen LogP contribution in [-0.2, 0) is 4.79 Å². The molecule has 0 aromatic heterocycles. The topological polar surface area (TPSA) is 32.3 Å². The fourth-order valence-electron chi connectivity index (χ4n) is 3.04. The van der Waals surface area contributed by atoms with Gasteiger partial charge in [0.1, 0.15) is 0 Å². The van der Waals surface area contributed by atoms with Gasteiger partial charge in [0.2, 0.25) is 5.91 Å². The molecule has 1 fully saturated rings. The fraction of sp³-hybridized carbons (Fsp3) is 0.500. The molecule has 21 heavy (non-hydrogen) atoms. The Bertz CT molecular complexity index is 473. The molecule has 114 valence electrons. The summed E-state index contributed by atoms with van der Waals surface area (Å²) in [6.45, 7) is 0.734. The van der Waals surface area contributed by atoms with Crippen molar-refractivity contribution in [3.05, 3.63) is 42.0 Å². The molecule has 0 bridgehead atoms. The summed E-state index contributed by atoms with van der Waals surface area (Å²) >= 11 is 0. The van der Waals surface area contributed by atoms with Crippen molar-refractivity contribution in [2.24, 2.45) is 0 Å². The van der Waals surface area contributed by atoms with Crippen LogP contribution < -0.4 is 5.32 Å². The highest BCUT2D eigenvalue weighted by Gasteiger charge is 2.34. The minimum atomic E-state index is -0.00866. The molecule has 0 unspecified atom stereocenters. The molecule has 0 spiro atoms. The van der Waals surface area contributed by atoms with E-state index in [0.29, 0.717) is 0 Å². The Balaban J connectivity index is 1.89. The number of carbonyl (C=O) groups is 1. The SMILES string of the molecule is CN(C)C1(CNC(=O)/C=C/c2ccccc2)CCCCC1. The molecule has 1 aliphatic rings. The van der Waals surface area contributed by atoms with Crippen molar-refractivity contribution in [3.63, 3.8) is 0 Å². The Morgan fingerprint density at radius 3 is 2.48 bits per heavy atom. The van der Waals surface area contributed by atoms with Crippen molar-refractivity contribution in [2.75, 3.05) is 20.6 Å². The summed E-state index contributed by atoms with van der Waals surface area (Å²) in [5, 5.41) is 3.08. The molecule has 3 nitrogen and oxygen atoms in total. The summed E-state index contributed by atoms with van der Waals surface area (Å²) < 4.78 is 0. The van der Waals surface area contributed by atoms with Crippen molar-refractivity contribution in [1.29, 1.82) is 0 Å². The van der Waals surface area contributed by atoms with E-state index < -0.39 is 0 Å². The van der Waals surface area contributed by atoms with Crippen LogP contribution in [0.25, 0.3) is 6.08 Å². The molecule has 1 aromatic rings. The highest BCUT2D eigenvalue weighted by Crippen LogP contribution is 2.31. The van der Waals surface area contributed by atoms with E-state index in [1.54, 1.807) is 6.08 Å². The van der Waals surface area contributed by atoms with Crippen LogP contribution in [0.15, 0.2) is 36.4 Å². The molecule has 1 amide bonds. The van der Waals surface area contributed by atoms with Crippen molar-refractivity contribution >= 4 is 12.0 Å². The second-order valence-corrected chi connectivity index (χ2v) is 6.14. The van der Waals surface area contributed by atoms with Crippen LogP contribution in [-0.4, -0.2) is 37.0 Å². The molecule has 0 saturated heterocycles. The van der Waals surface area contributed by atoms with Crippen molar-refractivity contribution in [2.45, 2.75) is 37.6 Å². The maximum atomic E-state index is 12.0. The Hall–Kier alpha value is -1.61. The molecule has 1 N–H and O–H groups in total. The second kappa shape index (κ2) is 7.41. The van der Waals surface area contributed by atoms with E-state index in [2.05, 4.69) is 24.3 Å². The van der Waals surface area contributed by atoms with Gasteiger partial charge in [-0.3, -0.25) is 4.79 Å². The largest absolute Gasteiger partial charge is 0.351 e. The van der Waals surface area contributed by atoms with Crippen LogP contribution in [0, 0.1) is 0 Å². The third kappa shape index (κ3) is 4.43. The van der Waals surface area contributed by atoms with E-state index in [4.69, 9.17) is 0 Å². The number of hydrogen-bond acceptors (Lipinski definition) is 2. The monoisotopic (exact) mass is 286 g/mol. The normalized spacial score (nSPS) is 18.0. The van der Waals surface area contributed by atoms with Crippen LogP contribution >= 0.6 is 0 Å². The fourth-order valence-corrected chi connectivity index (χ4v) is 3.04. The highest BCUT2D eigenvalue weighted by molar-refractivity contribution is 5.91. The summed E-state index contributed by atoms with van der Waals surface area (Å²) in [4.78, 5) is 14.3.